The van der Waals surface area contributed by atoms with Crippen molar-refractivity contribution >= 4 is 17.3 Å². The lowest BCUT2D eigenvalue weighted by molar-refractivity contribution is -0.116. The monoisotopic (exact) mass is 288 g/mol. The maximum atomic E-state index is 13.5. The van der Waals surface area contributed by atoms with Crippen molar-refractivity contribution in [2.24, 2.45) is 0 Å². The molecule has 0 fully saturated rings. The number of hydrogen-bond acceptors (Lipinski definition) is 3. The van der Waals surface area contributed by atoms with E-state index in [0.717, 1.165) is 5.56 Å². The minimum absolute atomic E-state index is 0.146. The average Bonchev–Trinajstić information content (AvgIpc) is 2.45. The topological polar surface area (TPSA) is 64.3 Å². The predicted molar refractivity (Wildman–Crippen MR) is 80.8 cm³/mol. The zero-order chi connectivity index (χ0) is 15.2. The van der Waals surface area contributed by atoms with Gasteiger partial charge < -0.3 is 15.8 Å². The largest absolute Gasteiger partial charge is 0.494 e. The Bertz CT molecular complexity index is 644. The van der Waals surface area contributed by atoms with E-state index in [1.54, 1.807) is 12.1 Å². The Balaban J connectivity index is 1.91. The molecule has 1 amide bonds. The van der Waals surface area contributed by atoms with Crippen LogP contribution in [0.25, 0.3) is 0 Å². The number of hydrogen-bond donors (Lipinski definition) is 2. The third kappa shape index (κ3) is 4.21. The molecule has 0 aliphatic rings. The number of nitrogen functional groups attached to an aromatic ring is 1. The van der Waals surface area contributed by atoms with Crippen molar-refractivity contribution in [1.82, 2.24) is 0 Å². The highest BCUT2D eigenvalue weighted by atomic mass is 19.1. The van der Waals surface area contributed by atoms with Gasteiger partial charge in [-0.3, -0.25) is 4.79 Å². The third-order valence-corrected chi connectivity index (χ3v) is 3.03. The highest BCUT2D eigenvalue weighted by molar-refractivity contribution is 5.90. The lowest BCUT2D eigenvalue weighted by Crippen LogP contribution is -2.12. The van der Waals surface area contributed by atoms with Crippen molar-refractivity contribution in [3.8, 4) is 5.75 Å². The number of anilines is 2. The van der Waals surface area contributed by atoms with Gasteiger partial charge in [-0.05, 0) is 36.2 Å². The number of carbonyl (C=O) groups is 1. The third-order valence-electron chi connectivity index (χ3n) is 3.03. The Hall–Kier alpha value is -2.56. The Morgan fingerprint density at radius 1 is 1.29 bits per heavy atom. The fraction of sp³-hybridized carbons (Fsp3) is 0.188. The highest BCUT2D eigenvalue weighted by Gasteiger charge is 2.07. The molecule has 110 valence electrons. The summed E-state index contributed by atoms with van der Waals surface area (Å²) in [6.07, 6.45) is 0.882. The Kier molecular flexibility index (Phi) is 4.77. The lowest BCUT2D eigenvalue weighted by atomic mass is 10.1. The molecule has 0 aromatic heterocycles. The molecule has 21 heavy (non-hydrogen) atoms. The first-order valence-electron chi connectivity index (χ1n) is 6.56. The number of rotatable bonds is 5. The number of ether oxygens (including phenoxy) is 1. The van der Waals surface area contributed by atoms with E-state index in [-0.39, 0.29) is 11.7 Å². The summed E-state index contributed by atoms with van der Waals surface area (Å²) in [5.74, 6) is -0.541. The first kappa shape index (κ1) is 14.8. The van der Waals surface area contributed by atoms with E-state index < -0.39 is 5.82 Å². The SMILES string of the molecule is COc1ccc(NC(=O)CCc2cccc(N)c2)cc1F. The summed E-state index contributed by atoms with van der Waals surface area (Å²) in [7, 11) is 1.39. The molecule has 0 atom stereocenters. The van der Waals surface area contributed by atoms with Crippen LogP contribution in [0.2, 0.25) is 0 Å². The number of methoxy groups -OCH3 is 1. The summed E-state index contributed by atoms with van der Waals surface area (Å²) in [4.78, 5) is 11.8. The number of amides is 1. The minimum Gasteiger partial charge on any atom is -0.494 e. The van der Waals surface area contributed by atoms with Gasteiger partial charge in [-0.15, -0.1) is 0 Å². The van der Waals surface area contributed by atoms with Gasteiger partial charge in [-0.2, -0.15) is 0 Å². The van der Waals surface area contributed by atoms with E-state index in [9.17, 15) is 9.18 Å². The van der Waals surface area contributed by atoms with Gasteiger partial charge in [0.15, 0.2) is 11.6 Å². The Morgan fingerprint density at radius 2 is 2.10 bits per heavy atom. The summed E-state index contributed by atoms with van der Waals surface area (Å²) in [5.41, 5.74) is 7.75. The summed E-state index contributed by atoms with van der Waals surface area (Å²) in [6, 6.07) is 11.7. The molecule has 0 aliphatic carbocycles. The van der Waals surface area contributed by atoms with Gasteiger partial charge >= 0.3 is 0 Å². The molecule has 2 aromatic carbocycles. The van der Waals surface area contributed by atoms with Gasteiger partial charge in [-0.1, -0.05) is 12.1 Å². The zero-order valence-corrected chi connectivity index (χ0v) is 11.7. The maximum absolute atomic E-state index is 13.5. The lowest BCUT2D eigenvalue weighted by Gasteiger charge is -2.07. The van der Waals surface area contributed by atoms with Gasteiger partial charge in [-0.25, -0.2) is 4.39 Å². The second kappa shape index (κ2) is 6.74. The number of aryl methyl sites for hydroxylation is 1. The molecule has 0 radical (unpaired) electrons. The summed E-state index contributed by atoms with van der Waals surface area (Å²) < 4.78 is 18.3. The highest BCUT2D eigenvalue weighted by Crippen LogP contribution is 2.20. The number of nitrogens with one attached hydrogen (secondary N) is 1. The van der Waals surface area contributed by atoms with E-state index in [1.165, 1.54) is 19.2 Å². The van der Waals surface area contributed by atoms with Crippen LogP contribution in [-0.2, 0) is 11.2 Å². The summed E-state index contributed by atoms with van der Waals surface area (Å²) in [5, 5.41) is 2.65. The van der Waals surface area contributed by atoms with Gasteiger partial charge in [0.25, 0.3) is 0 Å². The number of benzene rings is 2. The van der Waals surface area contributed by atoms with Crippen LogP contribution in [0.1, 0.15) is 12.0 Å². The molecule has 5 heteroatoms. The zero-order valence-electron chi connectivity index (χ0n) is 11.7. The van der Waals surface area contributed by atoms with Crippen LogP contribution in [0.3, 0.4) is 0 Å². The number of nitrogens with two attached hydrogens (primary N) is 1. The molecule has 0 heterocycles. The molecule has 0 bridgehead atoms. The Labute approximate surface area is 122 Å². The molecule has 3 N–H and O–H groups in total. The number of halogens is 1. The standard InChI is InChI=1S/C16H17FN2O2/c1-21-15-7-6-13(10-14(15)17)19-16(20)8-5-11-3-2-4-12(18)9-11/h2-4,6-7,9-10H,5,8,18H2,1H3,(H,19,20). The molecular weight excluding hydrogens is 271 g/mol. The molecule has 4 nitrogen and oxygen atoms in total. The summed E-state index contributed by atoms with van der Waals surface area (Å²) >= 11 is 0. The molecular formula is C16H17FN2O2. The normalized spacial score (nSPS) is 10.2. The summed E-state index contributed by atoms with van der Waals surface area (Å²) in [6.45, 7) is 0. The van der Waals surface area contributed by atoms with Gasteiger partial charge in [0, 0.05) is 23.9 Å². The van der Waals surface area contributed by atoms with Crippen LogP contribution in [0, 0.1) is 5.82 Å². The first-order valence-corrected chi connectivity index (χ1v) is 6.56. The second-order valence-corrected chi connectivity index (χ2v) is 4.64. The first-order chi connectivity index (χ1) is 10.1. The van der Waals surface area contributed by atoms with Gasteiger partial charge in [0.2, 0.25) is 5.91 Å². The van der Waals surface area contributed by atoms with Crippen molar-refractivity contribution in [2.45, 2.75) is 12.8 Å². The van der Waals surface area contributed by atoms with Crippen molar-refractivity contribution in [1.29, 1.82) is 0 Å². The van der Waals surface area contributed by atoms with Crippen LogP contribution in [-0.4, -0.2) is 13.0 Å². The molecule has 0 saturated carbocycles. The van der Waals surface area contributed by atoms with Gasteiger partial charge in [0.05, 0.1) is 7.11 Å². The van der Waals surface area contributed by atoms with Crippen molar-refractivity contribution in [2.75, 3.05) is 18.2 Å². The van der Waals surface area contributed by atoms with Crippen molar-refractivity contribution < 1.29 is 13.9 Å². The van der Waals surface area contributed by atoms with Crippen molar-refractivity contribution in [3.63, 3.8) is 0 Å². The minimum atomic E-state index is -0.508. The van der Waals surface area contributed by atoms with E-state index in [2.05, 4.69) is 5.32 Å². The van der Waals surface area contributed by atoms with Gasteiger partial charge in [0.1, 0.15) is 0 Å². The van der Waals surface area contributed by atoms with E-state index >= 15 is 0 Å². The molecule has 0 saturated heterocycles. The second-order valence-electron chi connectivity index (χ2n) is 4.64. The van der Waals surface area contributed by atoms with Crippen molar-refractivity contribution in [3.05, 3.63) is 53.8 Å². The van der Waals surface area contributed by atoms with Crippen LogP contribution >= 0.6 is 0 Å². The van der Waals surface area contributed by atoms with E-state index in [1.807, 2.05) is 18.2 Å². The van der Waals surface area contributed by atoms with E-state index in [0.29, 0.717) is 24.2 Å². The fourth-order valence-corrected chi connectivity index (χ4v) is 1.97. The van der Waals surface area contributed by atoms with Crippen LogP contribution in [0.5, 0.6) is 5.75 Å². The molecule has 0 unspecified atom stereocenters. The van der Waals surface area contributed by atoms with Crippen LogP contribution in [0.15, 0.2) is 42.5 Å². The smallest absolute Gasteiger partial charge is 0.224 e. The Morgan fingerprint density at radius 3 is 2.76 bits per heavy atom. The quantitative estimate of drug-likeness (QED) is 0.831. The maximum Gasteiger partial charge on any atom is 0.224 e. The average molecular weight is 288 g/mol. The molecule has 0 spiro atoms. The molecule has 2 rings (SSSR count). The van der Waals surface area contributed by atoms with E-state index in [4.69, 9.17) is 10.5 Å². The fourth-order valence-electron chi connectivity index (χ4n) is 1.97. The number of carbonyl (C=O) groups excluding carboxylic acids is 1. The van der Waals surface area contributed by atoms with Crippen LogP contribution in [0.4, 0.5) is 15.8 Å². The van der Waals surface area contributed by atoms with Crippen LogP contribution < -0.4 is 15.8 Å². The molecule has 2 aromatic rings. The predicted octanol–water partition coefficient (Wildman–Crippen LogP) is 2.99. The molecule has 0 aliphatic heterocycles.